The number of rotatable bonds is 1. The van der Waals surface area contributed by atoms with E-state index in [0.29, 0.717) is 5.02 Å². The second kappa shape index (κ2) is 3.22. The Hall–Kier alpha value is -1.02. The summed E-state index contributed by atoms with van der Waals surface area (Å²) in [7, 11) is 0. The van der Waals surface area contributed by atoms with E-state index in [4.69, 9.17) is 16.8 Å². The molecule has 3 heteroatoms. The van der Waals surface area contributed by atoms with E-state index in [9.17, 15) is 0 Å². The summed E-state index contributed by atoms with van der Waals surface area (Å²) < 4.78 is 0. The van der Waals surface area contributed by atoms with Gasteiger partial charge < -0.3 is 5.21 Å². The molecule has 1 rings (SSSR count). The first-order valence-corrected chi connectivity index (χ1v) is 3.05. The predicted octanol–water partition coefficient (Wildman–Crippen LogP) is 1.95. The number of hydrogen-bond acceptors (Lipinski definition) is 2. The van der Waals surface area contributed by atoms with E-state index in [1.54, 1.807) is 18.2 Å². The second-order valence-electron chi connectivity index (χ2n) is 1.73. The van der Waals surface area contributed by atoms with Gasteiger partial charge in [-0.15, -0.1) is 0 Å². The monoisotopic (exact) mass is 154 g/mol. The first-order chi connectivity index (χ1) is 4.83. The molecule has 51 valence electrons. The summed E-state index contributed by atoms with van der Waals surface area (Å²) in [6, 6.07) is 7.77. The molecule has 1 radical (unpaired) electrons. The first kappa shape index (κ1) is 7.09. The lowest BCUT2D eigenvalue weighted by Crippen LogP contribution is -1.78. The van der Waals surface area contributed by atoms with Crippen LogP contribution in [0.2, 0.25) is 5.02 Å². The van der Waals surface area contributed by atoms with E-state index in [1.165, 1.54) is 6.21 Å². The molecular weight excluding hydrogens is 150 g/mol. The maximum absolute atomic E-state index is 8.12. The smallest absolute Gasteiger partial charge is 0.0734 e. The lowest BCUT2D eigenvalue weighted by molar-refractivity contribution is 0.322. The van der Waals surface area contributed by atoms with Crippen molar-refractivity contribution in [2.45, 2.75) is 0 Å². The lowest BCUT2D eigenvalue weighted by Gasteiger charge is -1.89. The third kappa shape index (κ3) is 1.74. The summed E-state index contributed by atoms with van der Waals surface area (Å²) in [6.07, 6.45) is 1.29. The highest BCUT2D eigenvalue weighted by Crippen LogP contribution is 2.07. The summed E-state index contributed by atoms with van der Waals surface area (Å²) in [5, 5.41) is 11.5. The van der Waals surface area contributed by atoms with Crippen LogP contribution < -0.4 is 0 Å². The molecule has 0 aromatic heterocycles. The Labute approximate surface area is 63.7 Å². The van der Waals surface area contributed by atoms with E-state index < -0.39 is 0 Å². The van der Waals surface area contributed by atoms with Gasteiger partial charge in [-0.05, 0) is 29.8 Å². The molecule has 1 N–H and O–H groups in total. The number of hydrogen-bond donors (Lipinski definition) is 1. The molecule has 0 heterocycles. The van der Waals surface area contributed by atoms with Crippen LogP contribution in [0.5, 0.6) is 0 Å². The average Bonchev–Trinajstić information content (AvgIpc) is 1.88. The lowest BCUT2D eigenvalue weighted by atomic mass is 10.2. The van der Waals surface area contributed by atoms with Gasteiger partial charge in [0.25, 0.3) is 0 Å². The van der Waals surface area contributed by atoms with Crippen molar-refractivity contribution in [1.29, 1.82) is 0 Å². The van der Waals surface area contributed by atoms with E-state index in [1.807, 2.05) is 0 Å². The number of nitrogens with zero attached hydrogens (tertiary/aromatic N) is 1. The molecule has 10 heavy (non-hydrogen) atoms. The first-order valence-electron chi connectivity index (χ1n) is 2.67. The van der Waals surface area contributed by atoms with Crippen molar-refractivity contribution >= 4 is 17.8 Å². The van der Waals surface area contributed by atoms with Gasteiger partial charge >= 0.3 is 0 Å². The quantitative estimate of drug-likeness (QED) is 0.374. The summed E-state index contributed by atoms with van der Waals surface area (Å²) in [4.78, 5) is 0. The van der Waals surface area contributed by atoms with Crippen molar-refractivity contribution < 1.29 is 5.21 Å². The molecule has 0 aliphatic carbocycles. The van der Waals surface area contributed by atoms with Crippen molar-refractivity contribution in [3.8, 4) is 0 Å². The zero-order valence-electron chi connectivity index (χ0n) is 5.08. The van der Waals surface area contributed by atoms with Crippen molar-refractivity contribution in [3.63, 3.8) is 0 Å². The maximum Gasteiger partial charge on any atom is 0.0734 e. The second-order valence-corrected chi connectivity index (χ2v) is 2.17. The van der Waals surface area contributed by atoms with Crippen LogP contribution in [0, 0.1) is 6.07 Å². The van der Waals surface area contributed by atoms with Gasteiger partial charge in [-0.2, -0.15) is 0 Å². The number of oxime groups is 1. The fourth-order valence-corrected chi connectivity index (χ4v) is 0.790. The Bertz CT molecular complexity index is 247. The summed E-state index contributed by atoms with van der Waals surface area (Å²) >= 11 is 5.61. The SMILES string of the molecule is O/N=C\c1c[c]cc(Cl)c1. The van der Waals surface area contributed by atoms with Crippen LogP contribution in [0.15, 0.2) is 23.4 Å². The van der Waals surface area contributed by atoms with Gasteiger partial charge in [-0.3, -0.25) is 0 Å². The minimum atomic E-state index is 0.581. The van der Waals surface area contributed by atoms with Gasteiger partial charge in [-0.1, -0.05) is 16.8 Å². The molecule has 0 fully saturated rings. The Morgan fingerprint density at radius 2 is 2.40 bits per heavy atom. The highest BCUT2D eigenvalue weighted by molar-refractivity contribution is 6.30. The number of benzene rings is 1. The summed E-state index contributed by atoms with van der Waals surface area (Å²) in [5.74, 6) is 0. The Kier molecular flexibility index (Phi) is 2.29. The van der Waals surface area contributed by atoms with Gasteiger partial charge in [0.2, 0.25) is 0 Å². The van der Waals surface area contributed by atoms with Gasteiger partial charge in [0.15, 0.2) is 0 Å². The van der Waals surface area contributed by atoms with E-state index in [2.05, 4.69) is 11.2 Å². The molecule has 0 aliphatic rings. The van der Waals surface area contributed by atoms with Gasteiger partial charge in [0.05, 0.1) is 6.21 Å². The molecular formula is C7H5ClNO. The number of halogens is 1. The topological polar surface area (TPSA) is 32.6 Å². The molecule has 0 aliphatic heterocycles. The highest BCUT2D eigenvalue weighted by Gasteiger charge is 1.88. The van der Waals surface area contributed by atoms with Crippen molar-refractivity contribution in [2.24, 2.45) is 5.16 Å². The van der Waals surface area contributed by atoms with Crippen molar-refractivity contribution in [2.75, 3.05) is 0 Å². The molecule has 0 saturated carbocycles. The normalized spacial score (nSPS) is 10.5. The van der Waals surface area contributed by atoms with Crippen LogP contribution in [0.1, 0.15) is 5.56 Å². The highest BCUT2D eigenvalue weighted by atomic mass is 35.5. The maximum atomic E-state index is 8.12. The van der Waals surface area contributed by atoms with Crippen LogP contribution in [-0.4, -0.2) is 11.4 Å². The summed E-state index contributed by atoms with van der Waals surface area (Å²) in [5.41, 5.74) is 0.731. The van der Waals surface area contributed by atoms with E-state index in [-0.39, 0.29) is 0 Å². The van der Waals surface area contributed by atoms with Crippen LogP contribution in [0.4, 0.5) is 0 Å². The van der Waals surface area contributed by atoms with Crippen LogP contribution >= 0.6 is 11.6 Å². The fourth-order valence-electron chi connectivity index (χ4n) is 0.601. The largest absolute Gasteiger partial charge is 0.411 e. The molecule has 1 aromatic rings. The molecule has 0 spiro atoms. The Morgan fingerprint density at radius 1 is 1.60 bits per heavy atom. The molecule has 2 nitrogen and oxygen atoms in total. The Morgan fingerprint density at radius 3 is 3.00 bits per heavy atom. The Balaban J connectivity index is 2.95. The van der Waals surface area contributed by atoms with Crippen LogP contribution in [0.25, 0.3) is 0 Å². The molecule has 0 bridgehead atoms. The molecule has 0 unspecified atom stereocenters. The van der Waals surface area contributed by atoms with Crippen LogP contribution in [0.3, 0.4) is 0 Å². The minimum Gasteiger partial charge on any atom is -0.411 e. The van der Waals surface area contributed by atoms with Crippen molar-refractivity contribution in [3.05, 3.63) is 34.9 Å². The minimum absolute atomic E-state index is 0.581. The molecule has 0 amide bonds. The molecule has 0 atom stereocenters. The third-order valence-electron chi connectivity index (χ3n) is 0.983. The molecule has 0 saturated heterocycles. The zero-order valence-corrected chi connectivity index (χ0v) is 5.84. The third-order valence-corrected chi connectivity index (χ3v) is 1.20. The van der Waals surface area contributed by atoms with Gasteiger partial charge in [-0.25, -0.2) is 0 Å². The summed E-state index contributed by atoms with van der Waals surface area (Å²) in [6.45, 7) is 0. The van der Waals surface area contributed by atoms with Gasteiger partial charge in [0.1, 0.15) is 0 Å². The van der Waals surface area contributed by atoms with E-state index in [0.717, 1.165) is 5.56 Å². The van der Waals surface area contributed by atoms with E-state index >= 15 is 0 Å². The predicted molar refractivity (Wildman–Crippen MR) is 39.7 cm³/mol. The standard InChI is InChI=1S/C7H5ClNO/c8-7-3-1-2-6(4-7)5-9-10/h2-5,10H/b9-5-. The molecule has 1 aromatic carbocycles. The van der Waals surface area contributed by atoms with Crippen molar-refractivity contribution in [1.82, 2.24) is 0 Å². The zero-order chi connectivity index (χ0) is 7.40. The van der Waals surface area contributed by atoms with Gasteiger partial charge in [0, 0.05) is 5.02 Å². The average molecular weight is 155 g/mol. The van der Waals surface area contributed by atoms with Crippen LogP contribution in [-0.2, 0) is 0 Å². The fraction of sp³-hybridized carbons (Fsp3) is 0.